The summed E-state index contributed by atoms with van der Waals surface area (Å²) in [5.74, 6) is 0. The lowest BCUT2D eigenvalue weighted by atomic mass is 10.2. The summed E-state index contributed by atoms with van der Waals surface area (Å²) in [6.45, 7) is 0. The Hall–Kier alpha value is -2.19. The Labute approximate surface area is 132 Å². The highest BCUT2D eigenvalue weighted by molar-refractivity contribution is 7.90. The fourth-order valence-corrected chi connectivity index (χ4v) is 3.61. The minimum Gasteiger partial charge on any atom is -0.321 e. The van der Waals surface area contributed by atoms with Crippen LogP contribution in [0.2, 0.25) is 0 Å². The Morgan fingerprint density at radius 2 is 2.09 bits per heavy atom. The van der Waals surface area contributed by atoms with Crippen LogP contribution < -0.4 is 4.90 Å². The van der Waals surface area contributed by atoms with Crippen molar-refractivity contribution < 1.29 is 8.42 Å². The number of hydrogen-bond acceptors (Lipinski definition) is 6. The van der Waals surface area contributed by atoms with Gasteiger partial charge >= 0.3 is 0 Å². The second-order valence-corrected chi connectivity index (χ2v) is 7.63. The Morgan fingerprint density at radius 3 is 2.68 bits per heavy atom. The number of anilines is 2. The number of sulfone groups is 1. The maximum Gasteiger partial charge on any atom is 0.189 e. The van der Waals surface area contributed by atoms with E-state index in [-0.39, 0.29) is 4.90 Å². The minimum absolute atomic E-state index is 0.266. The van der Waals surface area contributed by atoms with Crippen molar-refractivity contribution in [3.63, 3.8) is 0 Å². The SMILES string of the molecule is CN(c1ccc(S(C)(=O)=O)c(-n2ccnc2)c1)c1nccs1. The van der Waals surface area contributed by atoms with Gasteiger partial charge in [0, 0.05) is 43.0 Å². The first kappa shape index (κ1) is 14.7. The number of nitrogens with zero attached hydrogens (tertiary/aromatic N) is 4. The van der Waals surface area contributed by atoms with E-state index < -0.39 is 9.84 Å². The molecule has 0 atom stereocenters. The molecule has 2 aromatic heterocycles. The molecule has 0 saturated carbocycles. The molecule has 1 aromatic carbocycles. The molecular weight excluding hydrogens is 320 g/mol. The molecule has 114 valence electrons. The highest BCUT2D eigenvalue weighted by atomic mass is 32.2. The molecule has 0 N–H and O–H groups in total. The molecule has 2 heterocycles. The lowest BCUT2D eigenvalue weighted by molar-refractivity contribution is 0.601. The summed E-state index contributed by atoms with van der Waals surface area (Å²) in [5, 5.41) is 2.73. The quantitative estimate of drug-likeness (QED) is 0.733. The molecule has 22 heavy (non-hydrogen) atoms. The molecule has 6 nitrogen and oxygen atoms in total. The molecule has 0 radical (unpaired) electrons. The molecule has 0 unspecified atom stereocenters. The Bertz CT molecular complexity index is 872. The van der Waals surface area contributed by atoms with E-state index in [0.29, 0.717) is 5.69 Å². The Balaban J connectivity index is 2.14. The summed E-state index contributed by atoms with van der Waals surface area (Å²) < 4.78 is 25.7. The van der Waals surface area contributed by atoms with Crippen LogP contribution in [0.15, 0.2) is 53.4 Å². The standard InChI is InChI=1S/C14H14N4O2S2/c1-17(14-16-6-8-21-14)11-3-4-13(22(2,19)20)12(9-11)18-7-5-15-10-18/h3-10H,1-2H3. The van der Waals surface area contributed by atoms with Crippen LogP contribution in [0.25, 0.3) is 5.69 Å². The van der Waals surface area contributed by atoms with Gasteiger partial charge in [-0.05, 0) is 18.2 Å². The van der Waals surface area contributed by atoms with E-state index in [1.807, 2.05) is 23.4 Å². The molecule has 0 bridgehead atoms. The molecule has 0 aliphatic carbocycles. The van der Waals surface area contributed by atoms with Crippen LogP contribution in [0.1, 0.15) is 0 Å². The molecule has 8 heteroatoms. The van der Waals surface area contributed by atoms with E-state index in [0.717, 1.165) is 10.8 Å². The fourth-order valence-electron chi connectivity index (χ4n) is 2.12. The first-order valence-corrected chi connectivity index (χ1v) is 9.19. The zero-order valence-corrected chi connectivity index (χ0v) is 13.7. The Kier molecular flexibility index (Phi) is 3.71. The average molecular weight is 334 g/mol. The maximum atomic E-state index is 12.0. The van der Waals surface area contributed by atoms with Crippen LogP contribution in [0.5, 0.6) is 0 Å². The lowest BCUT2D eigenvalue weighted by Crippen LogP contribution is -2.11. The van der Waals surface area contributed by atoms with E-state index in [4.69, 9.17) is 0 Å². The van der Waals surface area contributed by atoms with Crippen LogP contribution in [0, 0.1) is 0 Å². The van der Waals surface area contributed by atoms with Crippen molar-refractivity contribution in [3.8, 4) is 5.69 Å². The molecule has 0 saturated heterocycles. The summed E-state index contributed by atoms with van der Waals surface area (Å²) in [5.41, 5.74) is 1.42. The Morgan fingerprint density at radius 1 is 1.27 bits per heavy atom. The molecule has 3 rings (SSSR count). The van der Waals surface area contributed by atoms with Gasteiger partial charge in [-0.3, -0.25) is 0 Å². The van der Waals surface area contributed by atoms with Crippen molar-refractivity contribution in [1.29, 1.82) is 0 Å². The first-order chi connectivity index (χ1) is 10.5. The van der Waals surface area contributed by atoms with Crippen molar-refractivity contribution in [1.82, 2.24) is 14.5 Å². The number of thiazole rings is 1. The van der Waals surface area contributed by atoms with Crippen molar-refractivity contribution in [2.75, 3.05) is 18.2 Å². The summed E-state index contributed by atoms with van der Waals surface area (Å²) in [4.78, 5) is 10.4. The van der Waals surface area contributed by atoms with Crippen molar-refractivity contribution in [2.24, 2.45) is 0 Å². The number of hydrogen-bond donors (Lipinski definition) is 0. The van der Waals surface area contributed by atoms with Gasteiger partial charge in [-0.1, -0.05) is 0 Å². The van der Waals surface area contributed by atoms with Gasteiger partial charge in [0.1, 0.15) is 0 Å². The molecule has 0 spiro atoms. The fraction of sp³-hybridized carbons (Fsp3) is 0.143. The molecule has 3 aromatic rings. The van der Waals surface area contributed by atoms with E-state index in [1.54, 1.807) is 41.6 Å². The van der Waals surface area contributed by atoms with E-state index in [1.165, 1.54) is 17.6 Å². The van der Waals surface area contributed by atoms with Crippen LogP contribution in [0.4, 0.5) is 10.8 Å². The molecule has 0 fully saturated rings. The van der Waals surface area contributed by atoms with E-state index in [2.05, 4.69) is 9.97 Å². The summed E-state index contributed by atoms with van der Waals surface area (Å²) >= 11 is 1.52. The minimum atomic E-state index is -3.34. The van der Waals surface area contributed by atoms with E-state index >= 15 is 0 Å². The lowest BCUT2D eigenvalue weighted by Gasteiger charge is -2.18. The van der Waals surface area contributed by atoms with Crippen molar-refractivity contribution in [3.05, 3.63) is 48.5 Å². The predicted molar refractivity (Wildman–Crippen MR) is 86.9 cm³/mol. The van der Waals surface area contributed by atoms with Gasteiger partial charge in [-0.25, -0.2) is 18.4 Å². The third kappa shape index (κ3) is 2.75. The van der Waals surface area contributed by atoms with Crippen LogP contribution in [0.3, 0.4) is 0 Å². The highest BCUT2D eigenvalue weighted by Crippen LogP contribution is 2.30. The zero-order chi connectivity index (χ0) is 15.7. The summed E-state index contributed by atoms with van der Waals surface area (Å²) in [6.07, 6.45) is 7.85. The van der Waals surface area contributed by atoms with Gasteiger partial charge in [0.05, 0.1) is 16.9 Å². The summed E-state index contributed by atoms with van der Waals surface area (Å²) in [6, 6.07) is 5.21. The second-order valence-electron chi connectivity index (χ2n) is 4.77. The van der Waals surface area contributed by atoms with Crippen molar-refractivity contribution in [2.45, 2.75) is 4.90 Å². The molecular formula is C14H14N4O2S2. The second kappa shape index (κ2) is 5.54. The normalized spacial score (nSPS) is 11.5. The maximum absolute atomic E-state index is 12.0. The van der Waals surface area contributed by atoms with Gasteiger partial charge in [0.25, 0.3) is 0 Å². The van der Waals surface area contributed by atoms with Crippen molar-refractivity contribution >= 4 is 32.0 Å². The third-order valence-electron chi connectivity index (χ3n) is 3.22. The van der Waals surface area contributed by atoms with Crippen LogP contribution in [-0.4, -0.2) is 36.3 Å². The van der Waals surface area contributed by atoms with Gasteiger partial charge in [-0.15, -0.1) is 11.3 Å². The van der Waals surface area contributed by atoms with E-state index in [9.17, 15) is 8.42 Å². The number of rotatable bonds is 4. The van der Waals surface area contributed by atoms with Crippen LogP contribution in [-0.2, 0) is 9.84 Å². The first-order valence-electron chi connectivity index (χ1n) is 6.42. The van der Waals surface area contributed by atoms with Gasteiger partial charge in [-0.2, -0.15) is 0 Å². The number of benzene rings is 1. The van der Waals surface area contributed by atoms with Gasteiger partial charge in [0.15, 0.2) is 15.0 Å². The molecule has 0 aliphatic rings. The third-order valence-corrected chi connectivity index (χ3v) is 5.21. The smallest absolute Gasteiger partial charge is 0.189 e. The number of aromatic nitrogens is 3. The predicted octanol–water partition coefficient (Wildman–Crippen LogP) is 2.50. The van der Waals surface area contributed by atoms with Crippen LogP contribution >= 0.6 is 11.3 Å². The number of imidazole rings is 1. The average Bonchev–Trinajstić information content (AvgIpc) is 3.18. The van der Waals surface area contributed by atoms with Gasteiger partial charge < -0.3 is 9.47 Å². The molecule has 0 aliphatic heterocycles. The zero-order valence-electron chi connectivity index (χ0n) is 12.0. The largest absolute Gasteiger partial charge is 0.321 e. The monoisotopic (exact) mass is 334 g/mol. The van der Waals surface area contributed by atoms with Gasteiger partial charge in [0.2, 0.25) is 0 Å². The highest BCUT2D eigenvalue weighted by Gasteiger charge is 2.17. The summed E-state index contributed by atoms with van der Waals surface area (Å²) in [7, 11) is -1.44. The topological polar surface area (TPSA) is 68.1 Å². The molecule has 0 amide bonds.